The van der Waals surface area contributed by atoms with Gasteiger partial charge in [-0.05, 0) is 59.7 Å². The van der Waals surface area contributed by atoms with Gasteiger partial charge in [0.25, 0.3) is 0 Å². The highest BCUT2D eigenvalue weighted by Gasteiger charge is 2.13. The average molecular weight is 443 g/mol. The van der Waals surface area contributed by atoms with Crippen molar-refractivity contribution in [1.29, 1.82) is 0 Å². The predicted molar refractivity (Wildman–Crippen MR) is 136 cm³/mol. The molecule has 6 aromatic rings. The van der Waals surface area contributed by atoms with E-state index in [9.17, 15) is 0 Å². The Morgan fingerprint density at radius 1 is 0.824 bits per heavy atom. The lowest BCUT2D eigenvalue weighted by molar-refractivity contribution is 0.969. The molecule has 6 heteroatoms. The zero-order valence-corrected chi connectivity index (χ0v) is 18.7. The summed E-state index contributed by atoms with van der Waals surface area (Å²) in [5.74, 6) is 1.42. The molecule has 0 bridgehead atoms. The molecule has 6 rings (SSSR count). The van der Waals surface area contributed by atoms with Gasteiger partial charge in [-0.25, -0.2) is 9.97 Å². The molecule has 0 saturated carbocycles. The van der Waals surface area contributed by atoms with E-state index in [-0.39, 0.29) is 0 Å². The predicted octanol–water partition coefficient (Wildman–Crippen LogP) is 5.86. The van der Waals surface area contributed by atoms with Gasteiger partial charge in [-0.15, -0.1) is 0 Å². The van der Waals surface area contributed by atoms with E-state index in [2.05, 4.69) is 75.6 Å². The maximum atomic E-state index is 4.89. The third kappa shape index (κ3) is 3.65. The monoisotopic (exact) mass is 442 g/mol. The van der Waals surface area contributed by atoms with E-state index in [1.54, 1.807) is 18.6 Å². The summed E-state index contributed by atoms with van der Waals surface area (Å²) in [4.78, 5) is 18.4. The van der Waals surface area contributed by atoms with Crippen molar-refractivity contribution in [1.82, 2.24) is 24.5 Å². The molecule has 0 amide bonds. The number of rotatable bonds is 5. The molecule has 4 aromatic heterocycles. The van der Waals surface area contributed by atoms with Crippen LogP contribution in [0.3, 0.4) is 0 Å². The zero-order chi connectivity index (χ0) is 22.9. The van der Waals surface area contributed by atoms with Gasteiger partial charge >= 0.3 is 0 Å². The van der Waals surface area contributed by atoms with Crippen LogP contribution in [-0.2, 0) is 13.6 Å². The highest BCUT2D eigenvalue weighted by atomic mass is 15.0. The first-order valence-corrected chi connectivity index (χ1v) is 11.2. The number of fused-ring (bicyclic) bond motifs is 2. The molecule has 0 unspecified atom stereocenters. The Morgan fingerprint density at radius 3 is 2.65 bits per heavy atom. The lowest BCUT2D eigenvalue weighted by Crippen LogP contribution is -2.05. The molecule has 0 fully saturated rings. The average Bonchev–Trinajstić information content (AvgIpc) is 3.29. The van der Waals surface area contributed by atoms with E-state index >= 15 is 0 Å². The molecule has 164 valence electrons. The van der Waals surface area contributed by atoms with Gasteiger partial charge in [0, 0.05) is 53.7 Å². The van der Waals surface area contributed by atoms with Crippen LogP contribution in [0.2, 0.25) is 0 Å². The van der Waals surface area contributed by atoms with Crippen LogP contribution < -0.4 is 5.32 Å². The van der Waals surface area contributed by atoms with E-state index in [0.29, 0.717) is 12.4 Å². The fraction of sp³-hybridized carbons (Fsp3) is 0.0714. The summed E-state index contributed by atoms with van der Waals surface area (Å²) in [6.45, 7) is 0.567. The van der Waals surface area contributed by atoms with Crippen LogP contribution in [0.5, 0.6) is 0 Å². The van der Waals surface area contributed by atoms with Crippen molar-refractivity contribution in [3.05, 3.63) is 103 Å². The SMILES string of the molecule is Cn1ccc2c(-c3ccc4nc(-c5cccnc5)nc(NCc5ccccn5)c4c3)cccc21. The molecular weight excluding hydrogens is 420 g/mol. The van der Waals surface area contributed by atoms with Gasteiger partial charge in [0.05, 0.1) is 17.8 Å². The summed E-state index contributed by atoms with van der Waals surface area (Å²) >= 11 is 0. The molecule has 2 aromatic carbocycles. The first-order chi connectivity index (χ1) is 16.8. The largest absolute Gasteiger partial charge is 0.364 e. The van der Waals surface area contributed by atoms with Gasteiger partial charge in [-0.1, -0.05) is 24.3 Å². The topological polar surface area (TPSA) is 68.5 Å². The minimum Gasteiger partial charge on any atom is -0.364 e. The zero-order valence-electron chi connectivity index (χ0n) is 18.7. The van der Waals surface area contributed by atoms with E-state index in [0.717, 1.165) is 33.5 Å². The van der Waals surface area contributed by atoms with Crippen molar-refractivity contribution in [3.63, 3.8) is 0 Å². The number of anilines is 1. The second-order valence-electron chi connectivity index (χ2n) is 8.21. The van der Waals surface area contributed by atoms with E-state index in [1.807, 2.05) is 30.3 Å². The van der Waals surface area contributed by atoms with Crippen molar-refractivity contribution in [2.75, 3.05) is 5.32 Å². The lowest BCUT2D eigenvalue weighted by atomic mass is 10.00. The second kappa shape index (κ2) is 8.41. The van der Waals surface area contributed by atoms with Gasteiger partial charge in [0.15, 0.2) is 5.82 Å². The Hall–Kier alpha value is -4.58. The second-order valence-corrected chi connectivity index (χ2v) is 8.21. The molecular formula is C28H22N6. The minimum absolute atomic E-state index is 0.567. The first kappa shape index (κ1) is 20.1. The molecule has 0 aliphatic rings. The van der Waals surface area contributed by atoms with Crippen LogP contribution in [-0.4, -0.2) is 24.5 Å². The molecule has 0 aliphatic heterocycles. The number of hydrogen-bond acceptors (Lipinski definition) is 5. The number of nitrogens with one attached hydrogen (secondary N) is 1. The fourth-order valence-corrected chi connectivity index (χ4v) is 4.29. The molecule has 0 saturated heterocycles. The molecule has 0 radical (unpaired) electrons. The summed E-state index contributed by atoms with van der Waals surface area (Å²) in [7, 11) is 2.07. The molecule has 4 heterocycles. The standard InChI is InChI=1S/C28H22N6/c1-34-15-12-23-22(8-4-9-26(23)34)19-10-11-25-24(16-19)28(31-18-21-7-2-3-14-30-21)33-27(32-25)20-6-5-13-29-17-20/h2-17H,18H2,1H3,(H,31,32,33). The highest BCUT2D eigenvalue weighted by Crippen LogP contribution is 2.33. The molecule has 0 aliphatic carbocycles. The Balaban J connectivity index is 1.50. The van der Waals surface area contributed by atoms with Crippen LogP contribution in [0.4, 0.5) is 5.82 Å². The quantitative estimate of drug-likeness (QED) is 0.362. The van der Waals surface area contributed by atoms with Crippen LogP contribution in [0.1, 0.15) is 5.69 Å². The Bertz CT molecular complexity index is 1610. The summed E-state index contributed by atoms with van der Waals surface area (Å²) < 4.78 is 2.14. The maximum Gasteiger partial charge on any atom is 0.163 e. The number of aryl methyl sites for hydroxylation is 1. The molecule has 0 atom stereocenters. The third-order valence-corrected chi connectivity index (χ3v) is 6.02. The molecule has 34 heavy (non-hydrogen) atoms. The molecule has 1 N–H and O–H groups in total. The fourth-order valence-electron chi connectivity index (χ4n) is 4.29. The van der Waals surface area contributed by atoms with Crippen molar-refractivity contribution >= 4 is 27.6 Å². The van der Waals surface area contributed by atoms with E-state index in [4.69, 9.17) is 9.97 Å². The summed E-state index contributed by atoms with van der Waals surface area (Å²) in [6, 6.07) is 24.7. The van der Waals surface area contributed by atoms with Crippen molar-refractivity contribution in [2.24, 2.45) is 7.05 Å². The number of hydrogen-bond donors (Lipinski definition) is 1. The lowest BCUT2D eigenvalue weighted by Gasteiger charge is -2.13. The molecule has 0 spiro atoms. The van der Waals surface area contributed by atoms with E-state index < -0.39 is 0 Å². The number of nitrogens with zero attached hydrogens (tertiary/aromatic N) is 5. The van der Waals surface area contributed by atoms with Crippen LogP contribution in [0, 0.1) is 0 Å². The van der Waals surface area contributed by atoms with Crippen molar-refractivity contribution < 1.29 is 0 Å². The Kier molecular flexibility index (Phi) is 4.96. The molecule has 6 nitrogen and oxygen atoms in total. The normalized spacial score (nSPS) is 11.2. The van der Waals surface area contributed by atoms with Gasteiger partial charge in [0.2, 0.25) is 0 Å². The van der Waals surface area contributed by atoms with E-state index in [1.165, 1.54) is 16.5 Å². The summed E-state index contributed by atoms with van der Waals surface area (Å²) in [6.07, 6.45) is 7.43. The van der Waals surface area contributed by atoms with Crippen LogP contribution in [0.15, 0.2) is 97.6 Å². The van der Waals surface area contributed by atoms with Crippen LogP contribution >= 0.6 is 0 Å². The highest BCUT2D eigenvalue weighted by molar-refractivity contribution is 6.00. The number of benzene rings is 2. The Labute approximate surface area is 197 Å². The van der Waals surface area contributed by atoms with Gasteiger partial charge in [0.1, 0.15) is 5.82 Å². The van der Waals surface area contributed by atoms with Gasteiger partial charge in [-0.2, -0.15) is 0 Å². The van der Waals surface area contributed by atoms with Crippen molar-refractivity contribution in [3.8, 4) is 22.5 Å². The summed E-state index contributed by atoms with van der Waals surface area (Å²) in [5, 5.41) is 5.69. The number of aromatic nitrogens is 5. The first-order valence-electron chi connectivity index (χ1n) is 11.2. The minimum atomic E-state index is 0.567. The smallest absolute Gasteiger partial charge is 0.163 e. The number of pyridine rings is 2. The maximum absolute atomic E-state index is 4.89. The van der Waals surface area contributed by atoms with Crippen molar-refractivity contribution in [2.45, 2.75) is 6.54 Å². The van der Waals surface area contributed by atoms with Crippen LogP contribution in [0.25, 0.3) is 44.3 Å². The Morgan fingerprint density at radius 2 is 1.79 bits per heavy atom. The third-order valence-electron chi connectivity index (χ3n) is 6.02. The van der Waals surface area contributed by atoms with Gasteiger partial charge < -0.3 is 9.88 Å². The van der Waals surface area contributed by atoms with Gasteiger partial charge in [-0.3, -0.25) is 9.97 Å². The summed E-state index contributed by atoms with van der Waals surface area (Å²) in [5.41, 5.74) is 6.22.